The second-order valence-corrected chi connectivity index (χ2v) is 3.40. The number of nitrogens with zero attached hydrogens (tertiary/aromatic N) is 2. The monoisotopic (exact) mass is 195 g/mol. The van der Waals surface area contributed by atoms with Crippen LogP contribution in [0.4, 0.5) is 0 Å². The minimum absolute atomic E-state index is 0.302. The first-order chi connectivity index (χ1) is 6.38. The molecule has 0 aliphatic rings. The van der Waals surface area contributed by atoms with Crippen molar-refractivity contribution >= 4 is 11.3 Å². The van der Waals surface area contributed by atoms with Crippen molar-refractivity contribution in [1.82, 2.24) is 10.1 Å². The molecule has 0 unspecified atom stereocenters. The number of nitrogens with two attached hydrogens (primary N) is 1. The third-order valence-electron chi connectivity index (χ3n) is 1.63. The molecule has 0 saturated carbocycles. The first kappa shape index (κ1) is 8.40. The lowest BCUT2D eigenvalue weighted by Gasteiger charge is -1.87. The molecule has 2 heterocycles. The van der Waals surface area contributed by atoms with Crippen LogP contribution in [0.3, 0.4) is 0 Å². The second-order valence-electron chi connectivity index (χ2n) is 2.62. The summed E-state index contributed by atoms with van der Waals surface area (Å²) >= 11 is 1.66. The van der Waals surface area contributed by atoms with Gasteiger partial charge < -0.3 is 10.3 Å². The third kappa shape index (κ3) is 1.93. The Morgan fingerprint density at radius 3 is 3.08 bits per heavy atom. The van der Waals surface area contributed by atoms with Gasteiger partial charge in [0, 0.05) is 6.42 Å². The maximum absolute atomic E-state index is 5.34. The van der Waals surface area contributed by atoms with Gasteiger partial charge in [-0.2, -0.15) is 16.3 Å². The summed E-state index contributed by atoms with van der Waals surface area (Å²) in [6.07, 6.45) is 0.715. The average molecular weight is 195 g/mol. The zero-order chi connectivity index (χ0) is 9.10. The Bertz CT molecular complexity index is 368. The van der Waals surface area contributed by atoms with Crippen LogP contribution in [-0.2, 0) is 13.0 Å². The van der Waals surface area contributed by atoms with Gasteiger partial charge in [-0.05, 0) is 22.4 Å². The average Bonchev–Trinajstić information content (AvgIpc) is 2.76. The summed E-state index contributed by atoms with van der Waals surface area (Å²) in [7, 11) is 0. The van der Waals surface area contributed by atoms with Gasteiger partial charge in [0.25, 0.3) is 0 Å². The topological polar surface area (TPSA) is 64.9 Å². The fourth-order valence-electron chi connectivity index (χ4n) is 1.02. The third-order valence-corrected chi connectivity index (χ3v) is 2.36. The van der Waals surface area contributed by atoms with Crippen molar-refractivity contribution in [3.8, 4) is 0 Å². The highest BCUT2D eigenvalue weighted by Gasteiger charge is 2.04. The van der Waals surface area contributed by atoms with E-state index >= 15 is 0 Å². The summed E-state index contributed by atoms with van der Waals surface area (Å²) in [6, 6.07) is 2.04. The van der Waals surface area contributed by atoms with Gasteiger partial charge in [-0.1, -0.05) is 5.16 Å². The maximum atomic E-state index is 5.34. The van der Waals surface area contributed by atoms with Gasteiger partial charge in [-0.25, -0.2) is 0 Å². The smallest absolute Gasteiger partial charge is 0.240 e. The molecule has 4 nitrogen and oxygen atoms in total. The number of hydrogen-bond acceptors (Lipinski definition) is 5. The van der Waals surface area contributed by atoms with E-state index in [1.807, 2.05) is 11.4 Å². The van der Waals surface area contributed by atoms with Gasteiger partial charge in [0.05, 0.1) is 6.54 Å². The summed E-state index contributed by atoms with van der Waals surface area (Å²) in [5, 5.41) is 7.90. The lowest BCUT2D eigenvalue weighted by atomic mass is 10.2. The first-order valence-corrected chi connectivity index (χ1v) is 4.85. The van der Waals surface area contributed by atoms with E-state index in [1.165, 1.54) is 5.56 Å². The van der Waals surface area contributed by atoms with E-state index in [1.54, 1.807) is 11.3 Å². The van der Waals surface area contributed by atoms with Crippen molar-refractivity contribution in [1.29, 1.82) is 0 Å². The van der Waals surface area contributed by atoms with E-state index in [0.29, 0.717) is 24.7 Å². The fraction of sp³-hybridized carbons (Fsp3) is 0.250. The zero-order valence-corrected chi connectivity index (χ0v) is 7.75. The highest BCUT2D eigenvalue weighted by atomic mass is 32.1. The van der Waals surface area contributed by atoms with Crippen molar-refractivity contribution < 1.29 is 4.52 Å². The van der Waals surface area contributed by atoms with E-state index < -0.39 is 0 Å². The normalized spacial score (nSPS) is 10.5. The largest absolute Gasteiger partial charge is 0.338 e. The Balaban J connectivity index is 2.10. The van der Waals surface area contributed by atoms with Crippen LogP contribution in [0.2, 0.25) is 0 Å². The molecule has 0 fully saturated rings. The Hall–Kier alpha value is -1.20. The molecule has 0 atom stereocenters. The van der Waals surface area contributed by atoms with E-state index in [9.17, 15) is 0 Å². The van der Waals surface area contributed by atoms with Crippen LogP contribution in [0, 0.1) is 0 Å². The van der Waals surface area contributed by atoms with Crippen molar-refractivity contribution in [2.45, 2.75) is 13.0 Å². The van der Waals surface area contributed by atoms with E-state index in [0.717, 1.165) is 0 Å². The number of aromatic nitrogens is 2. The Morgan fingerprint density at radius 2 is 2.46 bits per heavy atom. The molecule has 2 rings (SSSR count). The van der Waals surface area contributed by atoms with Crippen molar-refractivity contribution in [3.63, 3.8) is 0 Å². The summed E-state index contributed by atoms with van der Waals surface area (Å²) in [5.74, 6) is 1.18. The van der Waals surface area contributed by atoms with Crippen LogP contribution in [0.15, 0.2) is 21.3 Å². The van der Waals surface area contributed by atoms with Crippen molar-refractivity contribution in [2.24, 2.45) is 5.73 Å². The molecule has 5 heteroatoms. The predicted molar refractivity (Wildman–Crippen MR) is 49.3 cm³/mol. The molecule has 0 aromatic carbocycles. The molecule has 0 bridgehead atoms. The van der Waals surface area contributed by atoms with Gasteiger partial charge in [-0.15, -0.1) is 0 Å². The van der Waals surface area contributed by atoms with Crippen LogP contribution in [0.5, 0.6) is 0 Å². The highest BCUT2D eigenvalue weighted by molar-refractivity contribution is 7.07. The Morgan fingerprint density at radius 1 is 1.54 bits per heavy atom. The molecule has 0 aliphatic carbocycles. The molecule has 0 spiro atoms. The van der Waals surface area contributed by atoms with Crippen molar-refractivity contribution in [3.05, 3.63) is 34.1 Å². The molecule has 2 aromatic rings. The molecule has 68 valence electrons. The lowest BCUT2D eigenvalue weighted by molar-refractivity contribution is 0.375. The van der Waals surface area contributed by atoms with E-state index in [-0.39, 0.29) is 0 Å². The number of hydrogen-bond donors (Lipinski definition) is 1. The Kier molecular flexibility index (Phi) is 2.37. The minimum Gasteiger partial charge on any atom is -0.338 e. The van der Waals surface area contributed by atoms with Crippen LogP contribution in [0.25, 0.3) is 0 Å². The summed E-state index contributed by atoms with van der Waals surface area (Å²) in [5.41, 5.74) is 6.55. The highest BCUT2D eigenvalue weighted by Crippen LogP contribution is 2.10. The maximum Gasteiger partial charge on any atom is 0.240 e. The SMILES string of the molecule is NCc1nc(Cc2ccsc2)no1. The van der Waals surface area contributed by atoms with Crippen LogP contribution in [0.1, 0.15) is 17.3 Å². The van der Waals surface area contributed by atoms with Gasteiger partial charge in [0.15, 0.2) is 5.82 Å². The molecule has 0 amide bonds. The summed E-state index contributed by atoms with van der Waals surface area (Å²) < 4.78 is 4.88. The number of rotatable bonds is 3. The standard InChI is InChI=1S/C8H9N3OS/c9-4-8-10-7(11-12-8)3-6-1-2-13-5-6/h1-2,5H,3-4,9H2. The molecule has 2 aromatic heterocycles. The lowest BCUT2D eigenvalue weighted by Crippen LogP contribution is -1.96. The van der Waals surface area contributed by atoms with Crippen LogP contribution < -0.4 is 5.73 Å². The summed E-state index contributed by atoms with van der Waals surface area (Å²) in [6.45, 7) is 0.302. The van der Waals surface area contributed by atoms with Gasteiger partial charge in [0.2, 0.25) is 5.89 Å². The first-order valence-electron chi connectivity index (χ1n) is 3.91. The fourth-order valence-corrected chi connectivity index (χ4v) is 1.69. The van der Waals surface area contributed by atoms with Gasteiger partial charge in [0.1, 0.15) is 0 Å². The quantitative estimate of drug-likeness (QED) is 0.798. The van der Waals surface area contributed by atoms with Gasteiger partial charge in [-0.3, -0.25) is 0 Å². The van der Waals surface area contributed by atoms with E-state index in [4.69, 9.17) is 10.3 Å². The van der Waals surface area contributed by atoms with Crippen LogP contribution >= 0.6 is 11.3 Å². The molecule has 13 heavy (non-hydrogen) atoms. The number of thiophene rings is 1. The molecule has 0 radical (unpaired) electrons. The van der Waals surface area contributed by atoms with E-state index in [2.05, 4.69) is 15.5 Å². The molecule has 0 saturated heterocycles. The zero-order valence-electron chi connectivity index (χ0n) is 6.93. The second kappa shape index (κ2) is 3.68. The van der Waals surface area contributed by atoms with Gasteiger partial charge >= 0.3 is 0 Å². The Labute approximate surface area is 79.4 Å². The molecule has 2 N–H and O–H groups in total. The predicted octanol–water partition coefficient (Wildman–Crippen LogP) is 1.18. The molecular formula is C8H9N3OS. The summed E-state index contributed by atoms with van der Waals surface area (Å²) in [4.78, 5) is 4.11. The molecule has 0 aliphatic heterocycles. The van der Waals surface area contributed by atoms with Crippen LogP contribution in [-0.4, -0.2) is 10.1 Å². The van der Waals surface area contributed by atoms with Crippen molar-refractivity contribution in [2.75, 3.05) is 0 Å². The molecular weight excluding hydrogens is 186 g/mol. The minimum atomic E-state index is 0.302.